The van der Waals surface area contributed by atoms with Gasteiger partial charge in [-0.05, 0) is 19.1 Å². The first-order valence-electron chi connectivity index (χ1n) is 4.28. The van der Waals surface area contributed by atoms with Crippen LogP contribution in [0.1, 0.15) is 17.9 Å². The quantitative estimate of drug-likeness (QED) is 0.763. The average molecular weight is 246 g/mol. The van der Waals surface area contributed by atoms with E-state index in [1.807, 2.05) is 0 Å². The molecule has 0 spiro atoms. The van der Waals surface area contributed by atoms with E-state index >= 15 is 0 Å². The Hall–Kier alpha value is -1.07. The number of halogens is 1. The van der Waals surface area contributed by atoms with E-state index in [1.54, 1.807) is 24.3 Å². The number of fused-ring (bicyclic) bond motifs is 1. The van der Waals surface area contributed by atoms with Gasteiger partial charge in [0.05, 0.1) is 0 Å². The average Bonchev–Trinajstić information content (AvgIpc) is 2.58. The van der Waals surface area contributed by atoms with Crippen molar-refractivity contribution in [3.63, 3.8) is 0 Å². The molecule has 2 rings (SSSR count). The van der Waals surface area contributed by atoms with Crippen LogP contribution in [0, 0.1) is 0 Å². The van der Waals surface area contributed by atoms with Crippen LogP contribution >= 0.6 is 10.7 Å². The van der Waals surface area contributed by atoms with Gasteiger partial charge in [-0.15, -0.1) is 0 Å². The number of aromatic nitrogens is 1. The summed E-state index contributed by atoms with van der Waals surface area (Å²) in [7, 11) is 1.60. The van der Waals surface area contributed by atoms with Gasteiger partial charge in [0.25, 0.3) is 0 Å². The summed E-state index contributed by atoms with van der Waals surface area (Å²) in [4.78, 5) is 0. The Morgan fingerprint density at radius 1 is 1.40 bits per heavy atom. The Labute approximate surface area is 91.2 Å². The van der Waals surface area contributed by atoms with Gasteiger partial charge in [-0.2, -0.15) is 0 Å². The molecule has 1 aromatic heterocycles. The fourth-order valence-electron chi connectivity index (χ4n) is 1.33. The van der Waals surface area contributed by atoms with E-state index in [0.29, 0.717) is 16.7 Å². The van der Waals surface area contributed by atoms with Gasteiger partial charge in [0, 0.05) is 16.1 Å². The van der Waals surface area contributed by atoms with Crippen LogP contribution in [0.4, 0.5) is 0 Å². The second-order valence-corrected chi connectivity index (χ2v) is 6.13. The topological polar surface area (TPSA) is 60.2 Å². The largest absolute Gasteiger partial charge is 0.356 e. The molecule has 4 nitrogen and oxygen atoms in total. The normalized spacial score (nSPS) is 14.3. The molecule has 0 saturated carbocycles. The molecule has 0 fully saturated rings. The smallest absolute Gasteiger partial charge is 0.241 e. The molecule has 0 N–H and O–H groups in total. The lowest BCUT2D eigenvalue weighted by Crippen LogP contribution is -2.03. The minimum atomic E-state index is -3.67. The van der Waals surface area contributed by atoms with Crippen LogP contribution in [0.3, 0.4) is 0 Å². The summed E-state index contributed by atoms with van der Waals surface area (Å²) in [6.07, 6.45) is 0. The van der Waals surface area contributed by atoms with Crippen LogP contribution in [-0.2, 0) is 9.05 Å². The Morgan fingerprint density at radius 3 is 2.73 bits per heavy atom. The van der Waals surface area contributed by atoms with Crippen LogP contribution in [0.5, 0.6) is 0 Å². The Morgan fingerprint density at radius 2 is 2.07 bits per heavy atom. The fraction of sp³-hybridized carbons (Fsp3) is 0.222. The highest BCUT2D eigenvalue weighted by molar-refractivity contribution is 8.13. The molecule has 1 heterocycles. The molecule has 2 aromatic rings. The predicted molar refractivity (Wildman–Crippen MR) is 57.2 cm³/mol. The molecule has 1 unspecified atom stereocenters. The highest BCUT2D eigenvalue weighted by Gasteiger charge is 2.25. The predicted octanol–water partition coefficient (Wildman–Crippen LogP) is 2.46. The zero-order valence-corrected chi connectivity index (χ0v) is 9.42. The summed E-state index contributed by atoms with van der Waals surface area (Å²) in [5.74, 6) is 0. The van der Waals surface area contributed by atoms with Crippen molar-refractivity contribution in [3.8, 4) is 0 Å². The lowest BCUT2D eigenvalue weighted by molar-refractivity contribution is 0.445. The molecule has 0 saturated heterocycles. The first-order valence-corrected chi connectivity index (χ1v) is 6.65. The number of para-hydroxylation sites is 1. The first-order chi connectivity index (χ1) is 7.00. The third-order valence-electron chi connectivity index (χ3n) is 2.21. The zero-order chi connectivity index (χ0) is 11.1. The maximum absolute atomic E-state index is 11.2. The minimum Gasteiger partial charge on any atom is -0.356 e. The first kappa shape index (κ1) is 10.4. The van der Waals surface area contributed by atoms with Crippen molar-refractivity contribution in [1.82, 2.24) is 5.16 Å². The summed E-state index contributed by atoms with van der Waals surface area (Å²) in [6.45, 7) is 1.48. The van der Waals surface area contributed by atoms with Crippen molar-refractivity contribution >= 4 is 30.7 Å². The van der Waals surface area contributed by atoms with Gasteiger partial charge in [0.15, 0.2) is 5.58 Å². The molecule has 15 heavy (non-hydrogen) atoms. The van der Waals surface area contributed by atoms with Gasteiger partial charge < -0.3 is 4.52 Å². The monoisotopic (exact) mass is 245 g/mol. The van der Waals surface area contributed by atoms with Crippen LogP contribution < -0.4 is 0 Å². The molecule has 0 amide bonds. The van der Waals surface area contributed by atoms with E-state index in [0.717, 1.165) is 0 Å². The maximum atomic E-state index is 11.2. The van der Waals surface area contributed by atoms with Crippen molar-refractivity contribution in [2.75, 3.05) is 0 Å². The minimum absolute atomic E-state index is 0.348. The van der Waals surface area contributed by atoms with Crippen LogP contribution in [-0.4, -0.2) is 13.6 Å². The molecule has 0 bridgehead atoms. The molecular weight excluding hydrogens is 238 g/mol. The maximum Gasteiger partial charge on any atom is 0.241 e. The highest BCUT2D eigenvalue weighted by Crippen LogP contribution is 2.30. The lowest BCUT2D eigenvalue weighted by Gasteiger charge is -2.02. The van der Waals surface area contributed by atoms with E-state index < -0.39 is 14.3 Å². The fourth-order valence-corrected chi connectivity index (χ4v) is 2.02. The standard InChI is InChI=1S/C9H8ClNO3S/c1-6(15(10,12)13)9-7-4-2-3-5-8(7)14-11-9/h2-6H,1H3. The third-order valence-corrected chi connectivity index (χ3v) is 4.08. The van der Waals surface area contributed by atoms with Gasteiger partial charge in [-0.1, -0.05) is 17.3 Å². The summed E-state index contributed by atoms with van der Waals surface area (Å²) < 4.78 is 27.3. The Balaban J connectivity index is 2.63. The number of benzene rings is 1. The van der Waals surface area contributed by atoms with E-state index in [-0.39, 0.29) is 0 Å². The van der Waals surface area contributed by atoms with Crippen molar-refractivity contribution < 1.29 is 12.9 Å². The summed E-state index contributed by atoms with van der Waals surface area (Å²) in [5.41, 5.74) is 0.903. The summed E-state index contributed by atoms with van der Waals surface area (Å²) in [6, 6.07) is 7.05. The third kappa shape index (κ3) is 1.85. The van der Waals surface area contributed by atoms with Gasteiger partial charge >= 0.3 is 0 Å². The molecule has 0 aliphatic carbocycles. The van der Waals surface area contributed by atoms with Crippen LogP contribution in [0.2, 0.25) is 0 Å². The van der Waals surface area contributed by atoms with Gasteiger partial charge in [0.1, 0.15) is 10.9 Å². The molecule has 0 aliphatic heterocycles. The second kappa shape index (κ2) is 3.50. The van der Waals surface area contributed by atoms with Gasteiger partial charge in [-0.25, -0.2) is 8.42 Å². The number of rotatable bonds is 2. The van der Waals surface area contributed by atoms with Crippen molar-refractivity contribution in [2.24, 2.45) is 0 Å². The van der Waals surface area contributed by atoms with Crippen LogP contribution in [0.15, 0.2) is 28.8 Å². The molecule has 0 radical (unpaired) electrons. The molecule has 0 aliphatic rings. The van der Waals surface area contributed by atoms with Crippen molar-refractivity contribution in [2.45, 2.75) is 12.2 Å². The lowest BCUT2D eigenvalue weighted by atomic mass is 10.2. The molecule has 80 valence electrons. The van der Waals surface area contributed by atoms with E-state index in [2.05, 4.69) is 5.16 Å². The SMILES string of the molecule is CC(c1noc2ccccc12)S(=O)(=O)Cl. The number of nitrogens with zero attached hydrogens (tertiary/aromatic N) is 1. The van der Waals surface area contributed by atoms with Crippen LogP contribution in [0.25, 0.3) is 11.0 Å². The summed E-state index contributed by atoms with van der Waals surface area (Å²) >= 11 is 0. The molecule has 6 heteroatoms. The van der Waals surface area contributed by atoms with Crippen molar-refractivity contribution in [3.05, 3.63) is 30.0 Å². The van der Waals surface area contributed by atoms with E-state index in [9.17, 15) is 8.42 Å². The zero-order valence-electron chi connectivity index (χ0n) is 7.84. The number of hydrogen-bond acceptors (Lipinski definition) is 4. The summed E-state index contributed by atoms with van der Waals surface area (Å²) in [5, 5.41) is 3.53. The Kier molecular flexibility index (Phi) is 2.44. The molecule has 1 aromatic carbocycles. The Bertz CT molecular complexity index is 590. The van der Waals surface area contributed by atoms with Crippen molar-refractivity contribution in [1.29, 1.82) is 0 Å². The number of hydrogen-bond donors (Lipinski definition) is 0. The van der Waals surface area contributed by atoms with Gasteiger partial charge in [0.2, 0.25) is 9.05 Å². The molecular formula is C9H8ClNO3S. The molecule has 1 atom stereocenters. The van der Waals surface area contributed by atoms with E-state index in [1.165, 1.54) is 6.92 Å². The highest BCUT2D eigenvalue weighted by atomic mass is 35.7. The second-order valence-electron chi connectivity index (χ2n) is 3.18. The van der Waals surface area contributed by atoms with E-state index in [4.69, 9.17) is 15.2 Å². The van der Waals surface area contributed by atoms with Gasteiger partial charge in [-0.3, -0.25) is 0 Å².